The number of fused-ring (bicyclic) bond motifs is 2. The van der Waals surface area contributed by atoms with E-state index in [2.05, 4.69) is 37.5 Å². The minimum atomic E-state index is -0.510. The number of furan rings is 1. The van der Waals surface area contributed by atoms with Crippen LogP contribution >= 0.6 is 0 Å². The monoisotopic (exact) mass is 515 g/mol. The fourth-order valence-electron chi connectivity index (χ4n) is 4.77. The molecule has 1 aliphatic heterocycles. The van der Waals surface area contributed by atoms with Gasteiger partial charge in [-0.1, -0.05) is 0 Å². The second kappa shape index (κ2) is 9.75. The molecule has 194 valence electrons. The van der Waals surface area contributed by atoms with E-state index in [-0.39, 0.29) is 18.1 Å². The van der Waals surface area contributed by atoms with E-state index in [1.165, 1.54) is 10.7 Å². The van der Waals surface area contributed by atoms with Gasteiger partial charge in [-0.25, -0.2) is 9.37 Å². The normalized spacial score (nSPS) is 15.8. The van der Waals surface area contributed by atoms with Crippen molar-refractivity contribution >= 4 is 39.1 Å². The molecule has 1 amide bonds. The summed E-state index contributed by atoms with van der Waals surface area (Å²) >= 11 is 0. The summed E-state index contributed by atoms with van der Waals surface area (Å²) in [5, 5.41) is 11.7. The Morgan fingerprint density at radius 1 is 1.29 bits per heavy atom. The Morgan fingerprint density at radius 2 is 2.18 bits per heavy atom. The molecule has 10 nitrogen and oxygen atoms in total. The van der Waals surface area contributed by atoms with Crippen molar-refractivity contribution in [2.75, 3.05) is 29.9 Å². The van der Waals surface area contributed by atoms with Gasteiger partial charge in [0.25, 0.3) is 5.91 Å². The number of nitrogens with zero attached hydrogens (tertiary/aromatic N) is 5. The van der Waals surface area contributed by atoms with Crippen LogP contribution in [-0.4, -0.2) is 51.3 Å². The minimum Gasteiger partial charge on any atom is -0.472 e. The number of carbonyl (C=O) groups is 1. The number of anilines is 2. The van der Waals surface area contributed by atoms with Gasteiger partial charge in [0.2, 0.25) is 0 Å². The van der Waals surface area contributed by atoms with E-state index in [0.29, 0.717) is 28.2 Å². The Labute approximate surface area is 217 Å². The molecule has 5 aromatic rings. The highest BCUT2D eigenvalue weighted by atomic mass is 19.1. The highest BCUT2D eigenvalue weighted by Gasteiger charge is 2.22. The van der Waals surface area contributed by atoms with Crippen LogP contribution in [0.5, 0.6) is 6.01 Å². The molecule has 1 aliphatic rings. The summed E-state index contributed by atoms with van der Waals surface area (Å²) in [4.78, 5) is 24.8. The molecule has 0 radical (unpaired) electrons. The molecule has 1 fully saturated rings. The van der Waals surface area contributed by atoms with Crippen LogP contribution in [0.4, 0.5) is 15.8 Å². The van der Waals surface area contributed by atoms with Crippen LogP contribution < -0.4 is 20.3 Å². The van der Waals surface area contributed by atoms with E-state index in [0.717, 1.165) is 36.3 Å². The second-order valence-electron chi connectivity index (χ2n) is 9.42. The second-order valence-corrected chi connectivity index (χ2v) is 9.42. The number of carbonyl (C=O) groups excluding carboxylic acids is 1. The van der Waals surface area contributed by atoms with Crippen molar-refractivity contribution < 1.29 is 18.3 Å². The third kappa shape index (κ3) is 4.63. The number of rotatable bonds is 6. The summed E-state index contributed by atoms with van der Waals surface area (Å²) in [7, 11) is 1.72. The van der Waals surface area contributed by atoms with E-state index in [1.54, 1.807) is 50.2 Å². The van der Waals surface area contributed by atoms with Crippen LogP contribution in [0.2, 0.25) is 0 Å². The molecular weight excluding hydrogens is 489 g/mol. The molecule has 3 aromatic heterocycles. The van der Waals surface area contributed by atoms with Gasteiger partial charge >= 0.3 is 6.01 Å². The highest BCUT2D eigenvalue weighted by molar-refractivity contribution is 6.14. The van der Waals surface area contributed by atoms with E-state index >= 15 is 0 Å². The molecule has 0 aliphatic carbocycles. The first-order chi connectivity index (χ1) is 18.4. The SMILES string of the molecule is CC1CN(c2ccc(C(=O)Nc3cc(F)c4nn(C)cc4c3)c3nc(OCc4ccoc4)ncc23)CCN1. The average molecular weight is 516 g/mol. The Morgan fingerprint density at radius 3 is 3.00 bits per heavy atom. The Balaban J connectivity index is 1.37. The number of ether oxygens (including phenoxy) is 1. The molecule has 0 bridgehead atoms. The van der Waals surface area contributed by atoms with Gasteiger partial charge in [0.15, 0.2) is 5.82 Å². The fraction of sp³-hybridized carbons (Fsp3) is 0.259. The first-order valence-electron chi connectivity index (χ1n) is 12.3. The summed E-state index contributed by atoms with van der Waals surface area (Å²) in [5.41, 5.74) is 3.13. The van der Waals surface area contributed by atoms with Crippen molar-refractivity contribution in [3.05, 3.63) is 72.2 Å². The van der Waals surface area contributed by atoms with Crippen molar-refractivity contribution in [1.82, 2.24) is 25.1 Å². The molecule has 4 heterocycles. The van der Waals surface area contributed by atoms with Crippen LogP contribution in [0.3, 0.4) is 0 Å². The van der Waals surface area contributed by atoms with Crippen molar-refractivity contribution in [1.29, 1.82) is 0 Å². The van der Waals surface area contributed by atoms with Gasteiger partial charge < -0.3 is 24.7 Å². The lowest BCUT2D eigenvalue weighted by Crippen LogP contribution is -2.49. The first-order valence-corrected chi connectivity index (χ1v) is 12.3. The lowest BCUT2D eigenvalue weighted by atomic mass is 10.1. The fourth-order valence-corrected chi connectivity index (χ4v) is 4.77. The van der Waals surface area contributed by atoms with Crippen molar-refractivity contribution in [2.24, 2.45) is 7.05 Å². The topological polar surface area (TPSA) is 110 Å². The Kier molecular flexibility index (Phi) is 6.12. The first kappa shape index (κ1) is 23.9. The summed E-state index contributed by atoms with van der Waals surface area (Å²) in [6.07, 6.45) is 6.54. The maximum Gasteiger partial charge on any atom is 0.317 e. The summed E-state index contributed by atoms with van der Waals surface area (Å²) in [6, 6.07) is 8.86. The highest BCUT2D eigenvalue weighted by Crippen LogP contribution is 2.31. The number of piperazine rings is 1. The van der Waals surface area contributed by atoms with Gasteiger partial charge in [-0.05, 0) is 37.3 Å². The lowest BCUT2D eigenvalue weighted by Gasteiger charge is -2.34. The van der Waals surface area contributed by atoms with Crippen LogP contribution in [0, 0.1) is 5.82 Å². The molecule has 0 spiro atoms. The maximum absolute atomic E-state index is 14.6. The third-order valence-corrected chi connectivity index (χ3v) is 6.54. The molecule has 1 saturated heterocycles. The minimum absolute atomic E-state index is 0.140. The lowest BCUT2D eigenvalue weighted by molar-refractivity contribution is 0.102. The zero-order valence-electron chi connectivity index (χ0n) is 20.9. The summed E-state index contributed by atoms with van der Waals surface area (Å²) in [5.74, 6) is -0.930. The number of aromatic nitrogens is 4. The third-order valence-electron chi connectivity index (χ3n) is 6.54. The number of hydrogen-bond donors (Lipinski definition) is 2. The molecule has 0 saturated carbocycles. The number of aryl methyl sites for hydroxylation is 1. The zero-order valence-corrected chi connectivity index (χ0v) is 20.9. The number of halogens is 1. The van der Waals surface area contributed by atoms with Crippen LogP contribution in [0.1, 0.15) is 22.8 Å². The van der Waals surface area contributed by atoms with Gasteiger partial charge in [0.05, 0.1) is 23.6 Å². The van der Waals surface area contributed by atoms with Crippen molar-refractivity contribution in [2.45, 2.75) is 19.6 Å². The smallest absolute Gasteiger partial charge is 0.317 e. The Hall–Kier alpha value is -4.51. The quantitative estimate of drug-likeness (QED) is 0.351. The van der Waals surface area contributed by atoms with Gasteiger partial charge in [-0.15, -0.1) is 0 Å². The number of nitrogens with one attached hydrogen (secondary N) is 2. The molecular formula is C27H26FN7O3. The molecule has 1 atom stereocenters. The van der Waals surface area contributed by atoms with Gasteiger partial charge in [0, 0.05) is 72.8 Å². The largest absolute Gasteiger partial charge is 0.472 e. The molecule has 38 heavy (non-hydrogen) atoms. The maximum atomic E-state index is 14.6. The van der Waals surface area contributed by atoms with Gasteiger partial charge in [-0.3, -0.25) is 9.48 Å². The van der Waals surface area contributed by atoms with Crippen LogP contribution in [0.15, 0.2) is 59.7 Å². The van der Waals surface area contributed by atoms with Gasteiger partial charge in [0.1, 0.15) is 12.1 Å². The van der Waals surface area contributed by atoms with E-state index in [9.17, 15) is 9.18 Å². The number of hydrogen-bond acceptors (Lipinski definition) is 8. The van der Waals surface area contributed by atoms with Crippen LogP contribution in [0.25, 0.3) is 21.8 Å². The van der Waals surface area contributed by atoms with E-state index in [1.807, 2.05) is 6.07 Å². The predicted octanol–water partition coefficient (Wildman–Crippen LogP) is 3.88. The summed E-state index contributed by atoms with van der Waals surface area (Å²) < 4.78 is 27.0. The standard InChI is InChI=1S/C27H26FN7O3/c1-16-12-35(7-6-29-16)23-4-3-20(25-21(23)11-30-27(32-25)38-15-17-5-8-37-14-17)26(36)31-19-9-18-13-34(2)33-24(18)22(28)10-19/h3-5,8-11,13-14,16,29H,6-7,12,15H2,1-2H3,(H,31,36). The molecule has 11 heteroatoms. The number of benzene rings is 2. The van der Waals surface area contributed by atoms with E-state index < -0.39 is 11.7 Å². The zero-order chi connectivity index (χ0) is 26.2. The molecule has 6 rings (SSSR count). The average Bonchev–Trinajstić information content (AvgIpc) is 3.56. The molecule has 2 aromatic carbocycles. The molecule has 1 unspecified atom stereocenters. The van der Waals surface area contributed by atoms with Crippen LogP contribution in [-0.2, 0) is 13.7 Å². The Bertz CT molecular complexity index is 1630. The summed E-state index contributed by atoms with van der Waals surface area (Å²) in [6.45, 7) is 4.83. The van der Waals surface area contributed by atoms with Crippen molar-refractivity contribution in [3.63, 3.8) is 0 Å². The van der Waals surface area contributed by atoms with E-state index in [4.69, 9.17) is 9.15 Å². The van der Waals surface area contributed by atoms with Crippen molar-refractivity contribution in [3.8, 4) is 6.01 Å². The van der Waals surface area contributed by atoms with Gasteiger partial charge in [-0.2, -0.15) is 10.1 Å². The number of amides is 1. The predicted molar refractivity (Wildman–Crippen MR) is 141 cm³/mol. The molecule has 2 N–H and O–H groups in total.